The van der Waals surface area contributed by atoms with E-state index in [9.17, 15) is 4.79 Å². The molecule has 0 bridgehead atoms. The van der Waals surface area contributed by atoms with Crippen LogP contribution >= 0.6 is 11.6 Å². The Hall–Kier alpha value is -1.81. The Morgan fingerprint density at radius 3 is 2.81 bits per heavy atom. The van der Waals surface area contributed by atoms with E-state index in [2.05, 4.69) is 5.10 Å². The highest BCUT2D eigenvalue weighted by Crippen LogP contribution is 2.18. The average molecular weight is 237 g/mol. The highest BCUT2D eigenvalue weighted by atomic mass is 35.5. The van der Waals surface area contributed by atoms with Gasteiger partial charge in [-0.25, -0.2) is 4.68 Å². The van der Waals surface area contributed by atoms with E-state index in [0.29, 0.717) is 10.7 Å². The summed E-state index contributed by atoms with van der Waals surface area (Å²) < 4.78 is 1.57. The van der Waals surface area contributed by atoms with Gasteiger partial charge in [0.15, 0.2) is 0 Å². The maximum Gasteiger partial charge on any atom is 0.309 e. The fourth-order valence-corrected chi connectivity index (χ4v) is 1.60. The number of benzene rings is 1. The zero-order valence-corrected chi connectivity index (χ0v) is 9.05. The second-order valence-corrected chi connectivity index (χ2v) is 3.68. The molecule has 1 aromatic heterocycles. The van der Waals surface area contributed by atoms with E-state index in [1.165, 1.54) is 0 Å². The summed E-state index contributed by atoms with van der Waals surface area (Å²) >= 11 is 6.00. The molecule has 0 atom stereocenters. The lowest BCUT2D eigenvalue weighted by molar-refractivity contribution is -0.136. The van der Waals surface area contributed by atoms with Crippen LogP contribution in [0.5, 0.6) is 0 Å². The molecular weight excluding hydrogens is 228 g/mol. The van der Waals surface area contributed by atoms with Gasteiger partial charge in [0.25, 0.3) is 0 Å². The summed E-state index contributed by atoms with van der Waals surface area (Å²) in [5, 5.41) is 13.3. The molecule has 1 N–H and O–H groups in total. The van der Waals surface area contributed by atoms with Crippen molar-refractivity contribution in [2.45, 2.75) is 6.42 Å². The summed E-state index contributed by atoms with van der Waals surface area (Å²) in [7, 11) is 0. The van der Waals surface area contributed by atoms with Crippen molar-refractivity contribution < 1.29 is 9.90 Å². The third kappa shape index (κ3) is 2.23. The highest BCUT2D eigenvalue weighted by Gasteiger charge is 2.07. The van der Waals surface area contributed by atoms with E-state index in [4.69, 9.17) is 16.7 Å². The second kappa shape index (κ2) is 4.37. The number of hydrogen-bond donors (Lipinski definition) is 1. The first-order valence-corrected chi connectivity index (χ1v) is 5.06. The van der Waals surface area contributed by atoms with Crippen LogP contribution in [0.15, 0.2) is 36.5 Å². The fourth-order valence-electron chi connectivity index (χ4n) is 1.38. The Kier molecular flexibility index (Phi) is 2.92. The predicted octanol–water partition coefficient (Wildman–Crippen LogP) is 2.15. The Morgan fingerprint density at radius 1 is 1.38 bits per heavy atom. The molecule has 0 radical (unpaired) electrons. The molecule has 2 rings (SSSR count). The average Bonchev–Trinajstić information content (AvgIpc) is 2.66. The van der Waals surface area contributed by atoms with Crippen LogP contribution < -0.4 is 0 Å². The number of rotatable bonds is 3. The lowest BCUT2D eigenvalue weighted by Crippen LogP contribution is -2.02. The molecule has 5 heteroatoms. The van der Waals surface area contributed by atoms with E-state index < -0.39 is 5.97 Å². The SMILES string of the molecule is O=C(O)Cc1ccn(-c2ccccc2Cl)n1. The molecule has 0 saturated heterocycles. The molecule has 0 unspecified atom stereocenters. The molecular formula is C11H9ClN2O2. The molecule has 0 spiro atoms. The number of carboxylic acid groups (broad SMARTS) is 1. The fraction of sp³-hybridized carbons (Fsp3) is 0.0909. The molecule has 16 heavy (non-hydrogen) atoms. The van der Waals surface area contributed by atoms with E-state index in [-0.39, 0.29) is 6.42 Å². The third-order valence-electron chi connectivity index (χ3n) is 2.08. The number of carboxylic acids is 1. The van der Waals surface area contributed by atoms with Crippen LogP contribution in [-0.4, -0.2) is 20.9 Å². The van der Waals surface area contributed by atoms with Crippen molar-refractivity contribution in [1.29, 1.82) is 0 Å². The van der Waals surface area contributed by atoms with Crippen molar-refractivity contribution in [3.8, 4) is 5.69 Å². The molecule has 0 fully saturated rings. The summed E-state index contributed by atoms with van der Waals surface area (Å²) in [6.45, 7) is 0. The van der Waals surface area contributed by atoms with Crippen molar-refractivity contribution in [3.63, 3.8) is 0 Å². The summed E-state index contributed by atoms with van der Waals surface area (Å²) in [5.41, 5.74) is 1.24. The van der Waals surface area contributed by atoms with Gasteiger partial charge in [-0.1, -0.05) is 23.7 Å². The Bertz CT molecular complexity index is 522. The van der Waals surface area contributed by atoms with Crippen LogP contribution in [0.1, 0.15) is 5.69 Å². The van der Waals surface area contributed by atoms with Gasteiger partial charge in [0.2, 0.25) is 0 Å². The van der Waals surface area contributed by atoms with Crippen LogP contribution in [0.4, 0.5) is 0 Å². The number of carbonyl (C=O) groups is 1. The zero-order valence-electron chi connectivity index (χ0n) is 8.30. The first kappa shape index (κ1) is 10.7. The Morgan fingerprint density at radius 2 is 2.12 bits per heavy atom. The van der Waals surface area contributed by atoms with Gasteiger partial charge in [0, 0.05) is 6.20 Å². The number of aromatic nitrogens is 2. The minimum absolute atomic E-state index is 0.0859. The quantitative estimate of drug-likeness (QED) is 0.889. The molecule has 0 saturated carbocycles. The topological polar surface area (TPSA) is 55.1 Å². The third-order valence-corrected chi connectivity index (χ3v) is 2.40. The summed E-state index contributed by atoms with van der Waals surface area (Å²) in [4.78, 5) is 10.5. The van der Waals surface area contributed by atoms with Crippen molar-refractivity contribution in [3.05, 3.63) is 47.2 Å². The van der Waals surface area contributed by atoms with Gasteiger partial charge in [-0.3, -0.25) is 4.79 Å². The number of halogens is 1. The number of aliphatic carboxylic acids is 1. The normalized spacial score (nSPS) is 10.3. The van der Waals surface area contributed by atoms with Gasteiger partial charge in [0.1, 0.15) is 0 Å². The van der Waals surface area contributed by atoms with Crippen LogP contribution in [0.2, 0.25) is 5.02 Å². The molecule has 2 aromatic rings. The van der Waals surface area contributed by atoms with Crippen molar-refractivity contribution >= 4 is 17.6 Å². The molecule has 4 nitrogen and oxygen atoms in total. The lowest BCUT2D eigenvalue weighted by atomic mass is 10.3. The van der Waals surface area contributed by atoms with Crippen LogP contribution in [0.25, 0.3) is 5.69 Å². The molecule has 0 aliphatic rings. The molecule has 82 valence electrons. The van der Waals surface area contributed by atoms with Gasteiger partial charge >= 0.3 is 5.97 Å². The minimum atomic E-state index is -0.899. The van der Waals surface area contributed by atoms with Crippen LogP contribution in [0, 0.1) is 0 Å². The van der Waals surface area contributed by atoms with E-state index in [1.807, 2.05) is 18.2 Å². The first-order valence-electron chi connectivity index (χ1n) is 4.68. The Balaban J connectivity index is 2.32. The van der Waals surface area contributed by atoms with Crippen molar-refractivity contribution in [2.24, 2.45) is 0 Å². The summed E-state index contributed by atoms with van der Waals surface area (Å²) in [6.07, 6.45) is 1.61. The van der Waals surface area contributed by atoms with Gasteiger partial charge in [0.05, 0.1) is 22.8 Å². The molecule has 0 aliphatic carbocycles. The number of para-hydroxylation sites is 1. The molecule has 0 amide bonds. The van der Waals surface area contributed by atoms with Crippen molar-refractivity contribution in [1.82, 2.24) is 9.78 Å². The number of nitrogens with zero attached hydrogens (tertiary/aromatic N) is 2. The van der Waals surface area contributed by atoms with Gasteiger partial charge in [-0.2, -0.15) is 5.10 Å². The van der Waals surface area contributed by atoms with Gasteiger partial charge in [-0.15, -0.1) is 0 Å². The largest absolute Gasteiger partial charge is 0.481 e. The van der Waals surface area contributed by atoms with Crippen LogP contribution in [-0.2, 0) is 11.2 Å². The molecule has 1 aromatic carbocycles. The summed E-state index contributed by atoms with van der Waals surface area (Å²) in [6, 6.07) is 8.92. The highest BCUT2D eigenvalue weighted by molar-refractivity contribution is 6.32. The van der Waals surface area contributed by atoms with Crippen LogP contribution in [0.3, 0.4) is 0 Å². The molecule has 0 aliphatic heterocycles. The minimum Gasteiger partial charge on any atom is -0.481 e. The summed E-state index contributed by atoms with van der Waals surface area (Å²) in [5.74, 6) is -0.899. The van der Waals surface area contributed by atoms with E-state index >= 15 is 0 Å². The monoisotopic (exact) mass is 236 g/mol. The van der Waals surface area contributed by atoms with E-state index in [1.54, 1.807) is 23.0 Å². The van der Waals surface area contributed by atoms with E-state index in [0.717, 1.165) is 5.69 Å². The first-order chi connectivity index (χ1) is 7.66. The Labute approximate surface area is 97.1 Å². The molecule has 1 heterocycles. The number of hydrogen-bond acceptors (Lipinski definition) is 2. The smallest absolute Gasteiger partial charge is 0.309 e. The second-order valence-electron chi connectivity index (χ2n) is 3.27. The maximum atomic E-state index is 10.5. The maximum absolute atomic E-state index is 10.5. The zero-order chi connectivity index (χ0) is 11.5. The lowest BCUT2D eigenvalue weighted by Gasteiger charge is -2.02. The van der Waals surface area contributed by atoms with Gasteiger partial charge in [-0.05, 0) is 18.2 Å². The van der Waals surface area contributed by atoms with Crippen molar-refractivity contribution in [2.75, 3.05) is 0 Å². The van der Waals surface area contributed by atoms with Gasteiger partial charge < -0.3 is 5.11 Å². The predicted molar refractivity (Wildman–Crippen MR) is 59.9 cm³/mol. The standard InChI is InChI=1S/C11H9ClN2O2/c12-9-3-1-2-4-10(9)14-6-5-8(13-14)7-11(15)16/h1-6H,7H2,(H,15,16).